The molecule has 0 aromatic carbocycles. The van der Waals surface area contributed by atoms with E-state index in [-0.39, 0.29) is 5.56 Å². The zero-order valence-corrected chi connectivity index (χ0v) is 10.8. The van der Waals surface area contributed by atoms with Gasteiger partial charge in [0.25, 0.3) is 0 Å². The Labute approximate surface area is 112 Å². The highest BCUT2D eigenvalue weighted by molar-refractivity contribution is 6.99. The molecule has 0 saturated carbocycles. The maximum Gasteiger partial charge on any atom is 0.416 e. The van der Waals surface area contributed by atoms with Crippen LogP contribution in [0.1, 0.15) is 29.8 Å². The topological polar surface area (TPSA) is 50.7 Å². The Morgan fingerprint density at radius 3 is 2.74 bits per heavy atom. The van der Waals surface area contributed by atoms with Gasteiger partial charge in [0.2, 0.25) is 0 Å². The minimum Gasteiger partial charge on any atom is -0.305 e. The van der Waals surface area contributed by atoms with Crippen molar-refractivity contribution in [2.24, 2.45) is 0 Å². The van der Waals surface area contributed by atoms with Crippen LogP contribution in [0.2, 0.25) is 0 Å². The molecule has 0 aliphatic rings. The molecule has 2 aromatic rings. The van der Waals surface area contributed by atoms with E-state index in [0.29, 0.717) is 12.2 Å². The third-order valence-corrected chi connectivity index (χ3v) is 3.04. The van der Waals surface area contributed by atoms with Gasteiger partial charge in [-0.25, -0.2) is 0 Å². The average molecular weight is 288 g/mol. The Morgan fingerprint density at radius 1 is 1.37 bits per heavy atom. The molecule has 1 N–H and O–H groups in total. The molecule has 0 amide bonds. The first-order chi connectivity index (χ1) is 9.04. The third kappa shape index (κ3) is 3.07. The highest BCUT2D eigenvalue weighted by Gasteiger charge is 2.36. The number of nitrogens with zero attached hydrogens (tertiary/aromatic N) is 3. The molecule has 0 aliphatic heterocycles. The third-order valence-electron chi connectivity index (χ3n) is 2.55. The van der Waals surface area contributed by atoms with Gasteiger partial charge in [0, 0.05) is 18.0 Å². The fourth-order valence-electron chi connectivity index (χ4n) is 1.77. The van der Waals surface area contributed by atoms with Crippen LogP contribution in [0.25, 0.3) is 0 Å². The van der Waals surface area contributed by atoms with Crippen LogP contribution in [0.15, 0.2) is 24.7 Å². The van der Waals surface area contributed by atoms with Gasteiger partial charge in [-0.1, -0.05) is 6.92 Å². The first-order valence-corrected chi connectivity index (χ1v) is 6.29. The summed E-state index contributed by atoms with van der Waals surface area (Å²) in [4.78, 5) is 3.79. The fraction of sp³-hybridized carbons (Fsp3) is 0.364. The summed E-state index contributed by atoms with van der Waals surface area (Å²) in [7, 11) is 0. The lowest BCUT2D eigenvalue weighted by molar-refractivity contribution is -0.138. The van der Waals surface area contributed by atoms with Crippen LogP contribution in [0.3, 0.4) is 0 Å². The summed E-state index contributed by atoms with van der Waals surface area (Å²) >= 11 is 0.960. The molecule has 4 nitrogen and oxygen atoms in total. The largest absolute Gasteiger partial charge is 0.416 e. The molecule has 102 valence electrons. The highest BCUT2D eigenvalue weighted by atomic mass is 32.1. The van der Waals surface area contributed by atoms with Crippen molar-refractivity contribution in [1.82, 2.24) is 19.0 Å². The molecule has 0 spiro atoms. The second kappa shape index (κ2) is 5.62. The summed E-state index contributed by atoms with van der Waals surface area (Å²) in [5.41, 5.74) is -0.184. The van der Waals surface area contributed by atoms with Crippen molar-refractivity contribution in [3.63, 3.8) is 0 Å². The van der Waals surface area contributed by atoms with Crippen molar-refractivity contribution in [3.05, 3.63) is 41.5 Å². The average Bonchev–Trinajstić information content (AvgIpc) is 2.88. The Hall–Kier alpha value is -1.54. The van der Waals surface area contributed by atoms with Crippen LogP contribution in [0.4, 0.5) is 13.2 Å². The quantitative estimate of drug-likeness (QED) is 0.939. The first-order valence-electron chi connectivity index (χ1n) is 5.56. The lowest BCUT2D eigenvalue weighted by atomic mass is 10.0. The maximum absolute atomic E-state index is 13.0. The lowest BCUT2D eigenvalue weighted by Crippen LogP contribution is -2.25. The van der Waals surface area contributed by atoms with E-state index in [0.717, 1.165) is 24.0 Å². The van der Waals surface area contributed by atoms with Crippen LogP contribution in [0, 0.1) is 0 Å². The van der Waals surface area contributed by atoms with Gasteiger partial charge < -0.3 is 5.32 Å². The van der Waals surface area contributed by atoms with E-state index in [1.165, 1.54) is 12.4 Å². The number of aromatic nitrogens is 3. The van der Waals surface area contributed by atoms with E-state index < -0.39 is 17.8 Å². The summed E-state index contributed by atoms with van der Waals surface area (Å²) in [6, 6.07) is 0.313. The minimum atomic E-state index is -4.42. The molecule has 19 heavy (non-hydrogen) atoms. The van der Waals surface area contributed by atoms with Crippen LogP contribution in [0.5, 0.6) is 0 Å². The van der Waals surface area contributed by atoms with Gasteiger partial charge in [0.15, 0.2) is 0 Å². The predicted octanol–water partition coefficient (Wildman–Crippen LogP) is 2.65. The summed E-state index contributed by atoms with van der Waals surface area (Å²) in [6.07, 6.45) is -0.606. The van der Waals surface area contributed by atoms with E-state index in [4.69, 9.17) is 0 Å². The molecule has 2 rings (SSSR count). The second-order valence-electron chi connectivity index (χ2n) is 3.78. The number of hydrogen-bond donors (Lipinski definition) is 1. The smallest absolute Gasteiger partial charge is 0.305 e. The highest BCUT2D eigenvalue weighted by Crippen LogP contribution is 2.35. The monoisotopic (exact) mass is 288 g/mol. The molecule has 2 heterocycles. The van der Waals surface area contributed by atoms with Crippen LogP contribution in [-0.4, -0.2) is 20.3 Å². The Bertz CT molecular complexity index is 527. The van der Waals surface area contributed by atoms with Crippen molar-refractivity contribution in [1.29, 1.82) is 0 Å². The SMILES string of the molecule is CCNC(c1cnsn1)c1cnccc1C(F)(F)F. The van der Waals surface area contributed by atoms with E-state index in [1.807, 2.05) is 6.92 Å². The number of halogens is 3. The number of rotatable bonds is 4. The molecule has 0 aliphatic carbocycles. The van der Waals surface area contributed by atoms with Crippen molar-refractivity contribution >= 4 is 11.7 Å². The molecule has 1 atom stereocenters. The van der Waals surface area contributed by atoms with Gasteiger partial charge >= 0.3 is 6.18 Å². The number of nitrogens with one attached hydrogen (secondary N) is 1. The molecule has 0 fully saturated rings. The molecule has 1 unspecified atom stereocenters. The number of alkyl halides is 3. The molecule has 0 radical (unpaired) electrons. The van der Waals surface area contributed by atoms with Crippen molar-refractivity contribution in [2.45, 2.75) is 19.1 Å². The lowest BCUT2D eigenvalue weighted by Gasteiger charge is -2.20. The summed E-state index contributed by atoms with van der Waals surface area (Å²) in [5, 5.41) is 2.98. The number of pyridine rings is 1. The first kappa shape index (κ1) is 13.9. The van der Waals surface area contributed by atoms with Gasteiger partial charge in [-0.05, 0) is 12.6 Å². The molecule has 2 aromatic heterocycles. The van der Waals surface area contributed by atoms with E-state index >= 15 is 0 Å². The van der Waals surface area contributed by atoms with Crippen LogP contribution in [-0.2, 0) is 6.18 Å². The minimum absolute atomic E-state index is 0.0598. The van der Waals surface area contributed by atoms with Crippen molar-refractivity contribution in [3.8, 4) is 0 Å². The van der Waals surface area contributed by atoms with Gasteiger partial charge in [-0.2, -0.15) is 21.9 Å². The Balaban J connectivity index is 2.48. The summed E-state index contributed by atoms with van der Waals surface area (Å²) < 4.78 is 46.8. The fourth-order valence-corrected chi connectivity index (χ4v) is 2.22. The normalized spacial score (nSPS) is 13.5. The van der Waals surface area contributed by atoms with Gasteiger partial charge in [0.05, 0.1) is 35.2 Å². The molecule has 8 heteroatoms. The van der Waals surface area contributed by atoms with Crippen LogP contribution >= 0.6 is 11.7 Å². The Kier molecular flexibility index (Phi) is 4.11. The van der Waals surface area contributed by atoms with Crippen molar-refractivity contribution in [2.75, 3.05) is 6.54 Å². The van der Waals surface area contributed by atoms with Gasteiger partial charge in [0.1, 0.15) is 0 Å². The van der Waals surface area contributed by atoms with E-state index in [9.17, 15) is 13.2 Å². The molecule has 0 bridgehead atoms. The predicted molar refractivity (Wildman–Crippen MR) is 64.7 cm³/mol. The maximum atomic E-state index is 13.0. The number of hydrogen-bond acceptors (Lipinski definition) is 5. The Morgan fingerprint density at radius 2 is 2.16 bits per heavy atom. The van der Waals surface area contributed by atoms with E-state index in [2.05, 4.69) is 19.0 Å². The molecular formula is C11H11F3N4S. The second-order valence-corrected chi connectivity index (χ2v) is 4.34. The van der Waals surface area contributed by atoms with Gasteiger partial charge in [-0.15, -0.1) is 0 Å². The zero-order chi connectivity index (χ0) is 13.9. The van der Waals surface area contributed by atoms with E-state index in [1.54, 1.807) is 0 Å². The summed E-state index contributed by atoms with van der Waals surface area (Å²) in [5.74, 6) is 0. The van der Waals surface area contributed by atoms with Crippen LogP contribution < -0.4 is 5.32 Å². The molecular weight excluding hydrogens is 277 g/mol. The summed E-state index contributed by atoms with van der Waals surface area (Å²) in [6.45, 7) is 2.32. The zero-order valence-electron chi connectivity index (χ0n) is 9.98. The molecule has 0 saturated heterocycles. The standard InChI is InChI=1S/C11H11F3N4S/c1-2-16-10(9-6-17-19-18-9)7-5-15-4-3-8(7)11(12,13)14/h3-6,10,16H,2H2,1H3. The van der Waals surface area contributed by atoms with Crippen molar-refractivity contribution < 1.29 is 13.2 Å². The van der Waals surface area contributed by atoms with Gasteiger partial charge in [-0.3, -0.25) is 4.98 Å².